The zero-order valence-electron chi connectivity index (χ0n) is 17.0. The molecule has 1 saturated heterocycles. The van der Waals surface area contributed by atoms with Crippen molar-refractivity contribution in [3.05, 3.63) is 58.6 Å². The first-order valence-electron chi connectivity index (χ1n) is 10.5. The molecule has 2 aliphatic heterocycles. The van der Waals surface area contributed by atoms with Gasteiger partial charge in [0.05, 0.1) is 11.4 Å². The molecular weight excluding hydrogens is 392 g/mol. The summed E-state index contributed by atoms with van der Waals surface area (Å²) in [6.45, 7) is 1.83. The van der Waals surface area contributed by atoms with Crippen molar-refractivity contribution in [1.82, 2.24) is 9.80 Å². The summed E-state index contributed by atoms with van der Waals surface area (Å²) in [4.78, 5) is 32.9. The number of rotatable bonds is 3. The van der Waals surface area contributed by atoms with Gasteiger partial charge in [0, 0.05) is 31.7 Å². The second kappa shape index (κ2) is 7.33. The zero-order valence-corrected chi connectivity index (χ0v) is 17.0. The molecule has 2 amide bonds. The summed E-state index contributed by atoms with van der Waals surface area (Å²) in [6.07, 6.45) is 2.92. The van der Waals surface area contributed by atoms with E-state index in [1.54, 1.807) is 9.80 Å². The van der Waals surface area contributed by atoms with Gasteiger partial charge in [0.15, 0.2) is 6.04 Å². The predicted molar refractivity (Wildman–Crippen MR) is 113 cm³/mol. The first kappa shape index (κ1) is 19.5. The van der Waals surface area contributed by atoms with Crippen molar-refractivity contribution >= 4 is 17.9 Å². The Kier molecular flexibility index (Phi) is 4.60. The highest BCUT2D eigenvalue weighted by molar-refractivity contribution is 5.95. The van der Waals surface area contributed by atoms with Crippen LogP contribution in [0.25, 0.3) is 17.2 Å². The molecular formula is C24H22N4O3. The molecule has 1 atom stereocenters. The maximum Gasteiger partial charge on any atom is 0.254 e. The van der Waals surface area contributed by atoms with Crippen LogP contribution < -0.4 is 10.6 Å². The number of nitriles is 1. The summed E-state index contributed by atoms with van der Waals surface area (Å²) >= 11 is 0. The van der Waals surface area contributed by atoms with Crippen LogP contribution in [0.15, 0.2) is 47.5 Å². The summed E-state index contributed by atoms with van der Waals surface area (Å²) < 4.78 is 0. The van der Waals surface area contributed by atoms with Crippen molar-refractivity contribution in [2.45, 2.75) is 24.5 Å². The molecule has 7 heteroatoms. The van der Waals surface area contributed by atoms with E-state index in [1.165, 1.54) is 0 Å². The average molecular weight is 414 g/mol. The molecule has 2 aromatic carbocycles. The minimum atomic E-state index is -1.15. The van der Waals surface area contributed by atoms with Crippen molar-refractivity contribution < 1.29 is 14.7 Å². The lowest BCUT2D eigenvalue weighted by atomic mass is 10.0. The van der Waals surface area contributed by atoms with Crippen molar-refractivity contribution in [2.24, 2.45) is 4.99 Å². The lowest BCUT2D eigenvalue weighted by molar-refractivity contribution is -0.143. The molecule has 1 saturated carbocycles. The van der Waals surface area contributed by atoms with E-state index in [0.29, 0.717) is 44.6 Å². The fourth-order valence-corrected chi connectivity index (χ4v) is 4.14. The summed E-state index contributed by atoms with van der Waals surface area (Å²) in [7, 11) is 0. The van der Waals surface area contributed by atoms with Gasteiger partial charge in [0.25, 0.3) is 11.8 Å². The molecule has 2 heterocycles. The van der Waals surface area contributed by atoms with E-state index in [0.717, 1.165) is 21.7 Å². The molecule has 1 N–H and O–H groups in total. The van der Waals surface area contributed by atoms with Gasteiger partial charge >= 0.3 is 0 Å². The second-order valence-corrected chi connectivity index (χ2v) is 8.34. The quantitative estimate of drug-likeness (QED) is 0.790. The number of amides is 2. The van der Waals surface area contributed by atoms with Crippen LogP contribution in [0.5, 0.6) is 0 Å². The van der Waals surface area contributed by atoms with Crippen LogP contribution in [-0.4, -0.2) is 64.5 Å². The summed E-state index contributed by atoms with van der Waals surface area (Å²) in [5.41, 5.74) is 1.45. The third-order valence-corrected chi connectivity index (χ3v) is 6.22. The summed E-state index contributed by atoms with van der Waals surface area (Å²) in [5, 5.41) is 20.8. The van der Waals surface area contributed by atoms with E-state index in [4.69, 9.17) is 5.26 Å². The Hall–Kier alpha value is -3.50. The normalized spacial score (nSPS) is 20.8. The maximum atomic E-state index is 12.9. The maximum absolute atomic E-state index is 12.9. The molecule has 5 rings (SSSR count). The number of carbonyl (C=O) groups excluding carboxylic acids is 2. The third kappa shape index (κ3) is 3.60. The topological polar surface area (TPSA) is 97.0 Å². The number of fused-ring (bicyclic) bond motifs is 1. The van der Waals surface area contributed by atoms with Crippen LogP contribution in [0, 0.1) is 11.3 Å². The van der Waals surface area contributed by atoms with Crippen molar-refractivity contribution in [1.29, 1.82) is 5.26 Å². The number of carbonyl (C=O) groups is 2. The van der Waals surface area contributed by atoms with Gasteiger partial charge in [-0.15, -0.1) is 0 Å². The second-order valence-electron chi connectivity index (χ2n) is 8.34. The number of benzene rings is 2. The highest BCUT2D eigenvalue weighted by Gasteiger charge is 2.50. The Morgan fingerprint density at radius 3 is 2.29 bits per heavy atom. The molecule has 0 aromatic heterocycles. The van der Waals surface area contributed by atoms with E-state index in [-0.39, 0.29) is 11.8 Å². The summed E-state index contributed by atoms with van der Waals surface area (Å²) in [5.74, 6) is -0.258. The van der Waals surface area contributed by atoms with Crippen LogP contribution in [0.3, 0.4) is 0 Å². The van der Waals surface area contributed by atoms with E-state index in [9.17, 15) is 14.7 Å². The Bertz CT molecular complexity index is 1220. The molecule has 31 heavy (non-hydrogen) atoms. The van der Waals surface area contributed by atoms with Gasteiger partial charge in [0.2, 0.25) is 0 Å². The van der Waals surface area contributed by atoms with E-state index < -0.39 is 11.6 Å². The van der Waals surface area contributed by atoms with Crippen LogP contribution in [-0.2, 0) is 4.79 Å². The number of hydrogen-bond acceptors (Lipinski definition) is 5. The van der Waals surface area contributed by atoms with Gasteiger partial charge in [-0.3, -0.25) is 14.6 Å². The smallest absolute Gasteiger partial charge is 0.254 e. The van der Waals surface area contributed by atoms with Crippen LogP contribution in [0.1, 0.15) is 23.2 Å². The highest BCUT2D eigenvalue weighted by Crippen LogP contribution is 2.37. The van der Waals surface area contributed by atoms with E-state index >= 15 is 0 Å². The SMILES string of the molecule is N#CC1C=c2cc(-c3ccc(C(=O)N4CCN(C(=O)C5(O)CC5)CC4)cc3)ccc2=N1. The van der Waals surface area contributed by atoms with Gasteiger partial charge < -0.3 is 14.9 Å². The van der Waals surface area contributed by atoms with E-state index in [1.807, 2.05) is 48.5 Å². The highest BCUT2D eigenvalue weighted by atomic mass is 16.3. The first-order chi connectivity index (χ1) is 15.0. The fraction of sp³-hybridized carbons (Fsp3) is 0.333. The van der Waals surface area contributed by atoms with Gasteiger partial charge in [-0.2, -0.15) is 5.26 Å². The Morgan fingerprint density at radius 2 is 1.65 bits per heavy atom. The number of piperazine rings is 1. The van der Waals surface area contributed by atoms with Gasteiger partial charge in [-0.05, 0) is 59.5 Å². The average Bonchev–Trinajstić information content (AvgIpc) is 3.43. The lowest BCUT2D eigenvalue weighted by Crippen LogP contribution is -2.53. The molecule has 1 unspecified atom stereocenters. The standard InChI is InChI=1S/C24H22N4O3/c25-15-20-14-19-13-18(5-6-21(19)26-20)16-1-3-17(4-2-16)22(29)27-9-11-28(12-10-27)23(30)24(31)7-8-24/h1-6,13-14,20,31H,7-12H2. The number of nitrogens with zero attached hydrogens (tertiary/aromatic N) is 4. The van der Waals surface area contributed by atoms with Crippen molar-refractivity contribution in [3.63, 3.8) is 0 Å². The molecule has 3 aliphatic rings. The predicted octanol–water partition coefficient (Wildman–Crippen LogP) is 0.469. The molecule has 2 aromatic rings. The molecule has 156 valence electrons. The van der Waals surface area contributed by atoms with Crippen LogP contribution >= 0.6 is 0 Å². The van der Waals surface area contributed by atoms with Crippen LogP contribution in [0.2, 0.25) is 0 Å². The number of hydrogen-bond donors (Lipinski definition) is 1. The molecule has 0 bridgehead atoms. The minimum Gasteiger partial charge on any atom is -0.380 e. The molecule has 2 fully saturated rings. The van der Waals surface area contributed by atoms with Gasteiger partial charge in [-0.1, -0.05) is 18.2 Å². The Morgan fingerprint density at radius 1 is 1.00 bits per heavy atom. The Balaban J connectivity index is 1.26. The molecule has 0 spiro atoms. The largest absolute Gasteiger partial charge is 0.380 e. The minimum absolute atomic E-state index is 0.0540. The van der Waals surface area contributed by atoms with Crippen LogP contribution in [0.4, 0.5) is 0 Å². The summed E-state index contributed by atoms with van der Waals surface area (Å²) in [6, 6.07) is 15.1. The Labute approximate surface area is 179 Å². The van der Waals surface area contributed by atoms with E-state index in [2.05, 4.69) is 11.1 Å². The van der Waals surface area contributed by atoms with Crippen molar-refractivity contribution in [3.8, 4) is 17.2 Å². The van der Waals surface area contributed by atoms with Gasteiger partial charge in [-0.25, -0.2) is 0 Å². The molecule has 7 nitrogen and oxygen atoms in total. The lowest BCUT2D eigenvalue weighted by Gasteiger charge is -2.35. The number of aliphatic hydroxyl groups is 1. The first-order valence-corrected chi connectivity index (χ1v) is 10.5. The monoisotopic (exact) mass is 414 g/mol. The molecule has 0 radical (unpaired) electrons. The zero-order chi connectivity index (χ0) is 21.6. The fourth-order valence-electron chi connectivity index (χ4n) is 4.14. The van der Waals surface area contributed by atoms with Crippen molar-refractivity contribution in [2.75, 3.05) is 26.2 Å². The molecule has 1 aliphatic carbocycles. The van der Waals surface area contributed by atoms with Gasteiger partial charge in [0.1, 0.15) is 5.60 Å². The third-order valence-electron chi connectivity index (χ3n) is 6.22.